The molecular weight excluding hydrogens is 406 g/mol. The average Bonchev–Trinajstić information content (AvgIpc) is 2.50. The molecule has 1 amide bonds. The van der Waals surface area contributed by atoms with Crippen molar-refractivity contribution in [3.05, 3.63) is 51.5 Å². The molecule has 0 fully saturated rings. The molecule has 0 unspecified atom stereocenters. The highest BCUT2D eigenvalue weighted by molar-refractivity contribution is 9.10. The van der Waals surface area contributed by atoms with Gasteiger partial charge in [-0.05, 0) is 48.9 Å². The average molecular weight is 420 g/mol. The Hall–Kier alpha value is -1.86. The molecule has 2 rings (SSSR count). The molecule has 4 nitrogen and oxygen atoms in total. The van der Waals surface area contributed by atoms with E-state index < -0.39 is 6.61 Å². The van der Waals surface area contributed by atoms with Gasteiger partial charge in [0.05, 0.1) is 11.6 Å². The number of ether oxygens (including phenoxy) is 1. The Labute approximate surface area is 151 Å². The van der Waals surface area contributed by atoms with Crippen LogP contribution in [0.2, 0.25) is 5.02 Å². The molecule has 0 radical (unpaired) electrons. The molecule has 2 aromatic rings. The van der Waals surface area contributed by atoms with Crippen molar-refractivity contribution < 1.29 is 18.3 Å². The molecule has 2 aromatic carbocycles. The lowest BCUT2D eigenvalue weighted by atomic mass is 10.2. The third-order valence-corrected chi connectivity index (χ3v) is 3.85. The molecule has 0 aliphatic heterocycles. The molecule has 0 aliphatic rings. The predicted octanol–water partition coefficient (Wildman–Crippen LogP) is 5.06. The molecule has 0 aliphatic carbocycles. The van der Waals surface area contributed by atoms with Crippen LogP contribution in [-0.2, 0) is 4.79 Å². The van der Waals surface area contributed by atoms with E-state index in [1.165, 1.54) is 18.2 Å². The van der Waals surface area contributed by atoms with Crippen molar-refractivity contribution in [1.82, 2.24) is 0 Å². The van der Waals surface area contributed by atoms with Crippen molar-refractivity contribution in [2.75, 3.05) is 17.2 Å². The summed E-state index contributed by atoms with van der Waals surface area (Å²) < 4.78 is 29.5. The fourth-order valence-corrected chi connectivity index (χ4v) is 2.65. The number of nitrogens with one attached hydrogen (secondary N) is 2. The van der Waals surface area contributed by atoms with Crippen LogP contribution in [0.15, 0.2) is 40.9 Å². The highest BCUT2D eigenvalue weighted by Crippen LogP contribution is 2.28. The summed E-state index contributed by atoms with van der Waals surface area (Å²) in [5.74, 6) is -0.364. The molecule has 0 heterocycles. The van der Waals surface area contributed by atoms with Crippen molar-refractivity contribution in [3.63, 3.8) is 0 Å². The molecule has 128 valence electrons. The van der Waals surface area contributed by atoms with Crippen LogP contribution in [0.5, 0.6) is 5.75 Å². The van der Waals surface area contributed by atoms with Gasteiger partial charge in [0.15, 0.2) is 0 Å². The van der Waals surface area contributed by atoms with Crippen molar-refractivity contribution >= 4 is 44.8 Å². The van der Waals surface area contributed by atoms with E-state index in [1.54, 1.807) is 6.07 Å². The summed E-state index contributed by atoms with van der Waals surface area (Å²) >= 11 is 9.21. The van der Waals surface area contributed by atoms with E-state index in [-0.39, 0.29) is 23.2 Å². The number of hydrogen-bond donors (Lipinski definition) is 2. The van der Waals surface area contributed by atoms with Gasteiger partial charge in [0.1, 0.15) is 5.75 Å². The lowest BCUT2D eigenvalue weighted by Gasteiger charge is -2.12. The van der Waals surface area contributed by atoms with Gasteiger partial charge in [-0.25, -0.2) is 0 Å². The first-order chi connectivity index (χ1) is 11.3. The third kappa shape index (κ3) is 5.35. The molecule has 0 aromatic heterocycles. The Morgan fingerprint density at radius 2 is 2.04 bits per heavy atom. The zero-order valence-corrected chi connectivity index (χ0v) is 14.9. The molecule has 0 bridgehead atoms. The highest BCUT2D eigenvalue weighted by atomic mass is 79.9. The van der Waals surface area contributed by atoms with Gasteiger partial charge < -0.3 is 15.4 Å². The second-order valence-electron chi connectivity index (χ2n) is 4.88. The summed E-state index contributed by atoms with van der Waals surface area (Å²) in [5.41, 5.74) is 2.15. The Bertz CT molecular complexity index is 744. The molecule has 0 saturated carbocycles. The molecule has 24 heavy (non-hydrogen) atoms. The monoisotopic (exact) mass is 418 g/mol. The van der Waals surface area contributed by atoms with Gasteiger partial charge in [-0.1, -0.05) is 27.5 Å². The second-order valence-corrected chi connectivity index (χ2v) is 6.21. The predicted molar refractivity (Wildman–Crippen MR) is 94.1 cm³/mol. The molecule has 0 atom stereocenters. The smallest absolute Gasteiger partial charge is 0.387 e. The number of alkyl halides is 2. The zero-order chi connectivity index (χ0) is 17.7. The van der Waals surface area contributed by atoms with E-state index in [9.17, 15) is 13.6 Å². The first-order valence-corrected chi connectivity index (χ1v) is 8.06. The van der Waals surface area contributed by atoms with Gasteiger partial charge in [-0.15, -0.1) is 0 Å². The van der Waals surface area contributed by atoms with Gasteiger partial charge in [0.2, 0.25) is 5.91 Å². The number of rotatable bonds is 6. The van der Waals surface area contributed by atoms with E-state index in [0.29, 0.717) is 11.4 Å². The molecule has 0 saturated heterocycles. The Kier molecular flexibility index (Phi) is 6.39. The minimum Gasteiger partial charge on any atom is -0.433 e. The third-order valence-electron chi connectivity index (χ3n) is 3.06. The maximum atomic E-state index is 12.2. The summed E-state index contributed by atoms with van der Waals surface area (Å²) in [7, 11) is 0. The van der Waals surface area contributed by atoms with Gasteiger partial charge in [-0.2, -0.15) is 8.78 Å². The lowest BCUT2D eigenvalue weighted by Crippen LogP contribution is -2.22. The minimum absolute atomic E-state index is 0.000877. The number of hydrogen-bond acceptors (Lipinski definition) is 3. The molecular formula is C16H14BrClF2N2O2. The number of carbonyl (C=O) groups is 1. The maximum absolute atomic E-state index is 12.2. The minimum atomic E-state index is -2.94. The Morgan fingerprint density at radius 1 is 1.29 bits per heavy atom. The SMILES string of the molecule is Cc1cc(Br)ccc1NC(=O)CNc1ccc(OC(F)F)c(Cl)c1. The summed E-state index contributed by atoms with van der Waals surface area (Å²) in [4.78, 5) is 12.0. The number of carbonyl (C=O) groups excluding carboxylic acids is 1. The standard InChI is InChI=1S/C16H14BrClF2N2O2/c1-9-6-10(17)2-4-13(9)22-15(23)8-21-11-3-5-14(12(18)7-11)24-16(19)20/h2-7,16,21H,8H2,1H3,(H,22,23). The summed E-state index contributed by atoms with van der Waals surface area (Å²) in [6.07, 6.45) is 0. The van der Waals surface area contributed by atoms with E-state index >= 15 is 0 Å². The summed E-state index contributed by atoms with van der Waals surface area (Å²) in [5, 5.41) is 5.68. The maximum Gasteiger partial charge on any atom is 0.387 e. The van der Waals surface area contributed by atoms with Crippen LogP contribution in [0.3, 0.4) is 0 Å². The van der Waals surface area contributed by atoms with Crippen molar-refractivity contribution in [3.8, 4) is 5.75 Å². The van der Waals surface area contributed by atoms with Crippen molar-refractivity contribution in [2.24, 2.45) is 0 Å². The summed E-state index contributed by atoms with van der Waals surface area (Å²) in [6, 6.07) is 9.75. The van der Waals surface area contributed by atoms with Crippen LogP contribution in [0.1, 0.15) is 5.56 Å². The Morgan fingerprint density at radius 3 is 2.67 bits per heavy atom. The highest BCUT2D eigenvalue weighted by Gasteiger charge is 2.10. The fraction of sp³-hybridized carbons (Fsp3) is 0.188. The van der Waals surface area contributed by atoms with E-state index in [2.05, 4.69) is 31.3 Å². The zero-order valence-electron chi connectivity index (χ0n) is 12.6. The van der Waals surface area contributed by atoms with Gasteiger partial charge >= 0.3 is 6.61 Å². The molecule has 2 N–H and O–H groups in total. The molecule has 8 heteroatoms. The van der Waals surface area contributed by atoms with Crippen molar-refractivity contribution in [2.45, 2.75) is 13.5 Å². The summed E-state index contributed by atoms with van der Waals surface area (Å²) in [6.45, 7) is -1.06. The van der Waals surface area contributed by atoms with E-state index in [4.69, 9.17) is 11.6 Å². The van der Waals surface area contributed by atoms with Crippen LogP contribution in [0, 0.1) is 6.92 Å². The molecule has 0 spiro atoms. The second kappa shape index (κ2) is 8.30. The largest absolute Gasteiger partial charge is 0.433 e. The number of anilines is 2. The fourth-order valence-electron chi connectivity index (χ4n) is 1.95. The quantitative estimate of drug-likeness (QED) is 0.688. The van der Waals surface area contributed by atoms with Crippen LogP contribution in [-0.4, -0.2) is 19.1 Å². The van der Waals surface area contributed by atoms with Crippen LogP contribution < -0.4 is 15.4 Å². The topological polar surface area (TPSA) is 50.4 Å². The number of aryl methyl sites for hydroxylation is 1. The van der Waals surface area contributed by atoms with Crippen molar-refractivity contribution in [1.29, 1.82) is 0 Å². The number of halogens is 4. The normalized spacial score (nSPS) is 10.6. The van der Waals surface area contributed by atoms with Gasteiger partial charge in [0, 0.05) is 15.8 Å². The van der Waals surface area contributed by atoms with E-state index in [0.717, 1.165) is 10.0 Å². The van der Waals surface area contributed by atoms with E-state index in [1.807, 2.05) is 19.1 Å². The van der Waals surface area contributed by atoms with Crippen LogP contribution >= 0.6 is 27.5 Å². The number of benzene rings is 2. The first-order valence-electron chi connectivity index (χ1n) is 6.89. The van der Waals surface area contributed by atoms with Crippen LogP contribution in [0.25, 0.3) is 0 Å². The van der Waals surface area contributed by atoms with Gasteiger partial charge in [-0.3, -0.25) is 4.79 Å². The van der Waals surface area contributed by atoms with Gasteiger partial charge in [0.25, 0.3) is 0 Å². The van der Waals surface area contributed by atoms with Crippen LogP contribution in [0.4, 0.5) is 20.2 Å². The lowest BCUT2D eigenvalue weighted by molar-refractivity contribution is -0.114. The Balaban J connectivity index is 1.93. The number of amides is 1. The first kappa shape index (κ1) is 18.5.